The highest BCUT2D eigenvalue weighted by Crippen LogP contribution is 2.29. The molecule has 0 atom stereocenters. The van der Waals surface area contributed by atoms with Crippen LogP contribution in [0.15, 0.2) is 54.6 Å². The molecule has 0 bridgehead atoms. The van der Waals surface area contributed by atoms with Gasteiger partial charge >= 0.3 is 0 Å². The molecular formula is C25H29ClN4O2. The molecule has 0 aliphatic rings. The van der Waals surface area contributed by atoms with Crippen molar-refractivity contribution < 1.29 is 9.59 Å². The Morgan fingerprint density at radius 2 is 1.75 bits per heavy atom. The number of hydrogen-bond donors (Lipinski definition) is 1. The van der Waals surface area contributed by atoms with Crippen LogP contribution in [-0.2, 0) is 10.2 Å². The first kappa shape index (κ1) is 23.5. The van der Waals surface area contributed by atoms with Gasteiger partial charge in [-0.25, -0.2) is 4.68 Å². The van der Waals surface area contributed by atoms with Crippen molar-refractivity contribution in [3.8, 4) is 5.69 Å². The van der Waals surface area contributed by atoms with Gasteiger partial charge in [-0.3, -0.25) is 9.59 Å². The first-order chi connectivity index (χ1) is 15.1. The van der Waals surface area contributed by atoms with Crippen LogP contribution in [0.2, 0.25) is 5.02 Å². The molecule has 2 aromatic carbocycles. The summed E-state index contributed by atoms with van der Waals surface area (Å²) in [6, 6.07) is 16.6. The molecule has 0 fully saturated rings. The second kappa shape index (κ2) is 9.57. The van der Waals surface area contributed by atoms with Crippen molar-refractivity contribution in [1.29, 1.82) is 0 Å². The Morgan fingerprint density at radius 3 is 2.38 bits per heavy atom. The molecule has 0 radical (unpaired) electrons. The maximum atomic E-state index is 13.0. The summed E-state index contributed by atoms with van der Waals surface area (Å²) in [6.07, 6.45) is 0. The van der Waals surface area contributed by atoms with E-state index in [2.05, 4.69) is 26.1 Å². The quantitative estimate of drug-likeness (QED) is 0.556. The largest absolute Gasteiger partial charge is 0.330 e. The molecule has 0 aliphatic carbocycles. The normalized spacial score (nSPS) is 11.3. The summed E-state index contributed by atoms with van der Waals surface area (Å²) < 4.78 is 1.64. The first-order valence-electron chi connectivity index (χ1n) is 10.6. The van der Waals surface area contributed by atoms with Crippen molar-refractivity contribution >= 4 is 29.2 Å². The van der Waals surface area contributed by atoms with E-state index in [1.807, 2.05) is 56.3 Å². The van der Waals surface area contributed by atoms with Gasteiger partial charge < -0.3 is 10.2 Å². The van der Waals surface area contributed by atoms with Gasteiger partial charge in [0.1, 0.15) is 12.4 Å². The number of carbonyl (C=O) groups excluding carboxylic acids is 2. The smallest absolute Gasteiger partial charge is 0.254 e. The highest BCUT2D eigenvalue weighted by atomic mass is 35.5. The minimum atomic E-state index is -0.303. The summed E-state index contributed by atoms with van der Waals surface area (Å²) in [4.78, 5) is 27.4. The molecule has 1 aromatic heterocycles. The van der Waals surface area contributed by atoms with Crippen LogP contribution in [0.5, 0.6) is 0 Å². The van der Waals surface area contributed by atoms with Crippen molar-refractivity contribution in [1.82, 2.24) is 14.7 Å². The number of anilines is 1. The molecule has 32 heavy (non-hydrogen) atoms. The summed E-state index contributed by atoms with van der Waals surface area (Å²) in [5, 5.41) is 8.14. The third-order valence-corrected chi connectivity index (χ3v) is 5.52. The van der Waals surface area contributed by atoms with Gasteiger partial charge in [0.05, 0.1) is 16.4 Å². The number of nitrogens with zero attached hydrogens (tertiary/aromatic N) is 3. The van der Waals surface area contributed by atoms with Gasteiger partial charge in [0.15, 0.2) is 0 Å². The van der Waals surface area contributed by atoms with Crippen LogP contribution in [0, 0.1) is 6.92 Å². The number of nitrogens with one attached hydrogen (secondary N) is 1. The molecule has 7 heteroatoms. The van der Waals surface area contributed by atoms with Gasteiger partial charge in [-0.2, -0.15) is 5.10 Å². The zero-order valence-corrected chi connectivity index (χ0v) is 19.9. The number of hydrogen-bond acceptors (Lipinski definition) is 3. The predicted molar refractivity (Wildman–Crippen MR) is 129 cm³/mol. The molecule has 6 nitrogen and oxygen atoms in total. The third-order valence-electron chi connectivity index (χ3n) is 5.20. The summed E-state index contributed by atoms with van der Waals surface area (Å²) in [6.45, 7) is 10.2. The number of likely N-dealkylation sites (N-methyl/N-ethyl adjacent to an activating group) is 1. The minimum Gasteiger partial charge on any atom is -0.330 e. The lowest BCUT2D eigenvalue weighted by Crippen LogP contribution is -2.38. The lowest BCUT2D eigenvalue weighted by atomic mass is 9.92. The number of halogens is 1. The average molecular weight is 453 g/mol. The molecule has 2 amide bonds. The van der Waals surface area contributed by atoms with E-state index >= 15 is 0 Å². The summed E-state index contributed by atoms with van der Waals surface area (Å²) in [5.41, 5.74) is 2.74. The predicted octanol–water partition coefficient (Wildman–Crippen LogP) is 5.23. The van der Waals surface area contributed by atoms with Crippen molar-refractivity contribution in [3.05, 3.63) is 76.4 Å². The minimum absolute atomic E-state index is 0.0672. The van der Waals surface area contributed by atoms with E-state index in [0.717, 1.165) is 11.3 Å². The third kappa shape index (κ3) is 5.19. The maximum Gasteiger partial charge on any atom is 0.254 e. The zero-order chi connectivity index (χ0) is 23.5. The Kier molecular flexibility index (Phi) is 7.04. The Bertz CT molecular complexity index is 1130. The maximum absolute atomic E-state index is 13.0. The van der Waals surface area contributed by atoms with Crippen LogP contribution < -0.4 is 5.32 Å². The van der Waals surface area contributed by atoms with E-state index in [0.29, 0.717) is 28.6 Å². The van der Waals surface area contributed by atoms with Crippen LogP contribution in [0.4, 0.5) is 5.82 Å². The number of rotatable bonds is 6. The lowest BCUT2D eigenvalue weighted by molar-refractivity contribution is -0.116. The summed E-state index contributed by atoms with van der Waals surface area (Å²) in [5.74, 6) is 0.0330. The number of aromatic nitrogens is 2. The van der Waals surface area contributed by atoms with Gasteiger partial charge in [-0.1, -0.05) is 62.7 Å². The molecular weight excluding hydrogens is 424 g/mol. The number of amides is 2. The van der Waals surface area contributed by atoms with Crippen molar-refractivity contribution in [2.24, 2.45) is 0 Å². The van der Waals surface area contributed by atoms with E-state index in [4.69, 9.17) is 16.7 Å². The Labute approximate surface area is 194 Å². The fraction of sp³-hybridized carbons (Fsp3) is 0.320. The number of aryl methyl sites for hydroxylation is 1. The molecule has 0 saturated carbocycles. The van der Waals surface area contributed by atoms with E-state index in [1.54, 1.807) is 16.8 Å². The molecule has 0 aliphatic heterocycles. The Hall–Kier alpha value is -3.12. The second-order valence-corrected chi connectivity index (χ2v) is 9.12. The SMILES string of the molecule is CCN(CC(=O)Nc1cc(C(C)(C)C)nn1-c1ccccc1Cl)C(=O)c1ccccc1C. The zero-order valence-electron chi connectivity index (χ0n) is 19.1. The van der Waals surface area contributed by atoms with Gasteiger partial charge in [0, 0.05) is 23.6 Å². The van der Waals surface area contributed by atoms with Crippen LogP contribution in [0.25, 0.3) is 5.69 Å². The monoisotopic (exact) mass is 452 g/mol. The van der Waals surface area contributed by atoms with Crippen molar-refractivity contribution in [2.45, 2.75) is 40.0 Å². The van der Waals surface area contributed by atoms with E-state index in [1.165, 1.54) is 4.90 Å². The lowest BCUT2D eigenvalue weighted by Gasteiger charge is -2.21. The molecule has 1 heterocycles. The van der Waals surface area contributed by atoms with Crippen molar-refractivity contribution in [3.63, 3.8) is 0 Å². The van der Waals surface area contributed by atoms with Gasteiger partial charge in [-0.05, 0) is 37.6 Å². The van der Waals surface area contributed by atoms with Crippen LogP contribution in [-0.4, -0.2) is 39.6 Å². The van der Waals surface area contributed by atoms with Crippen molar-refractivity contribution in [2.75, 3.05) is 18.4 Å². The van der Waals surface area contributed by atoms with Gasteiger partial charge in [-0.15, -0.1) is 0 Å². The number of benzene rings is 2. The summed E-state index contributed by atoms with van der Waals surface area (Å²) in [7, 11) is 0. The highest BCUT2D eigenvalue weighted by Gasteiger charge is 2.24. The fourth-order valence-electron chi connectivity index (χ4n) is 3.31. The van der Waals surface area contributed by atoms with E-state index in [-0.39, 0.29) is 23.8 Å². The van der Waals surface area contributed by atoms with Gasteiger partial charge in [0.25, 0.3) is 5.91 Å². The Morgan fingerprint density at radius 1 is 1.09 bits per heavy atom. The fourth-order valence-corrected chi connectivity index (χ4v) is 3.53. The van der Waals surface area contributed by atoms with Crippen LogP contribution in [0.1, 0.15) is 49.3 Å². The molecule has 168 valence electrons. The standard InChI is InChI=1S/C25H29ClN4O2/c1-6-29(24(32)18-12-8-7-11-17(18)2)16-23(31)27-22-15-21(25(3,4)5)28-30(22)20-14-10-9-13-19(20)26/h7-15H,6,16H2,1-5H3,(H,27,31). The Balaban J connectivity index is 1.87. The van der Waals surface area contributed by atoms with Crippen LogP contribution >= 0.6 is 11.6 Å². The van der Waals surface area contributed by atoms with Crippen LogP contribution in [0.3, 0.4) is 0 Å². The molecule has 0 saturated heterocycles. The van der Waals surface area contributed by atoms with E-state index in [9.17, 15) is 9.59 Å². The van der Waals surface area contributed by atoms with E-state index < -0.39 is 0 Å². The van der Waals surface area contributed by atoms with Gasteiger partial charge in [0.2, 0.25) is 5.91 Å². The highest BCUT2D eigenvalue weighted by molar-refractivity contribution is 6.32. The average Bonchev–Trinajstić information content (AvgIpc) is 3.16. The summed E-state index contributed by atoms with van der Waals surface area (Å²) >= 11 is 6.40. The molecule has 3 rings (SSSR count). The molecule has 0 unspecified atom stereocenters. The molecule has 1 N–H and O–H groups in total. The topological polar surface area (TPSA) is 67.2 Å². The second-order valence-electron chi connectivity index (χ2n) is 8.71. The first-order valence-corrected chi connectivity index (χ1v) is 11.0. The molecule has 3 aromatic rings. The molecule has 0 spiro atoms. The number of para-hydroxylation sites is 1. The number of carbonyl (C=O) groups is 2.